The van der Waals surface area contributed by atoms with Gasteiger partial charge in [-0.05, 0) is 34.1 Å². The van der Waals surface area contributed by atoms with Gasteiger partial charge in [-0.2, -0.15) is 0 Å². The molecule has 3 aromatic heterocycles. The molecule has 0 aliphatic rings. The number of carboxylic acids is 1. The standard InChI is InChI=1S/C11H9N3O.C11H8N2O2.C10H7BrN2.Na.H2O/c12-10(15)11-13-7-6-9(14-11)8-4-2-1-3-5-8;14-11(15)10-12-7-6-9(13-10)8-4-2-1-3-5-8;11-10-12-7-6-9(13-10)8-4-2-1-3-5-8;;/h1-7H,(H2,12,15);1-7H,(H,14,15);1-7H;;1H2/q;;;+1;/p-1. The van der Waals surface area contributed by atoms with Crippen molar-refractivity contribution in [3.8, 4) is 33.8 Å². The van der Waals surface area contributed by atoms with Gasteiger partial charge in [0.2, 0.25) is 11.6 Å². The normalized spacial score (nSPS) is 9.44. The van der Waals surface area contributed by atoms with Crippen LogP contribution in [0.4, 0.5) is 0 Å². The Bertz CT molecular complexity index is 1710. The number of nitrogens with zero attached hydrogens (tertiary/aromatic N) is 6. The summed E-state index contributed by atoms with van der Waals surface area (Å²) in [6.45, 7) is 0. The molecule has 0 bridgehead atoms. The predicted molar refractivity (Wildman–Crippen MR) is 168 cm³/mol. The third-order valence-electron chi connectivity index (χ3n) is 5.56. The first-order chi connectivity index (χ1) is 20.9. The van der Waals surface area contributed by atoms with Crippen LogP contribution in [0.5, 0.6) is 0 Å². The third-order valence-corrected chi connectivity index (χ3v) is 5.94. The van der Waals surface area contributed by atoms with Gasteiger partial charge in [0.25, 0.3) is 5.91 Å². The second-order valence-electron chi connectivity index (χ2n) is 8.51. The minimum absolute atomic E-state index is 0. The maximum absolute atomic E-state index is 10.9. The van der Waals surface area contributed by atoms with Crippen molar-refractivity contribution in [2.45, 2.75) is 0 Å². The van der Waals surface area contributed by atoms with E-state index in [-0.39, 0.29) is 46.7 Å². The molecule has 0 fully saturated rings. The van der Waals surface area contributed by atoms with Crippen LogP contribution in [-0.4, -0.2) is 52.4 Å². The van der Waals surface area contributed by atoms with Crippen LogP contribution in [-0.2, 0) is 0 Å². The fourth-order valence-corrected chi connectivity index (χ4v) is 3.89. The molecule has 3 aromatic carbocycles. The van der Waals surface area contributed by atoms with Crippen LogP contribution in [0.25, 0.3) is 33.8 Å². The SMILES string of the molecule is Brc1nccc(-c2ccccc2)n1.NC(=O)c1nccc(-c2ccccc2)n1.O=C(O)c1nccc(-c2ccccc2)n1.[Na+].[OH-]. The Hall–Kier alpha value is -4.72. The van der Waals surface area contributed by atoms with E-state index in [1.165, 1.54) is 12.4 Å². The van der Waals surface area contributed by atoms with E-state index in [9.17, 15) is 9.59 Å². The molecule has 6 aromatic rings. The Morgan fingerprint density at radius 3 is 1.29 bits per heavy atom. The van der Waals surface area contributed by atoms with Crippen molar-refractivity contribution in [2.24, 2.45) is 5.73 Å². The van der Waals surface area contributed by atoms with Gasteiger partial charge in [0.15, 0.2) is 4.73 Å². The first-order valence-corrected chi connectivity index (χ1v) is 13.5. The van der Waals surface area contributed by atoms with Crippen LogP contribution in [0.2, 0.25) is 0 Å². The summed E-state index contributed by atoms with van der Waals surface area (Å²) in [6.07, 6.45) is 4.70. The summed E-state index contributed by atoms with van der Waals surface area (Å²) < 4.78 is 0.619. The summed E-state index contributed by atoms with van der Waals surface area (Å²) in [5, 5.41) is 8.73. The summed E-state index contributed by atoms with van der Waals surface area (Å²) >= 11 is 3.24. The molecule has 0 unspecified atom stereocenters. The number of halogens is 1. The number of primary amides is 1. The fraction of sp³-hybridized carbons (Fsp3) is 0. The molecule has 13 heteroatoms. The smallest absolute Gasteiger partial charge is 0.870 e. The fourth-order valence-electron chi connectivity index (χ4n) is 3.58. The number of nitrogens with two attached hydrogens (primary N) is 1. The first kappa shape index (κ1) is 36.5. The second-order valence-corrected chi connectivity index (χ2v) is 9.22. The molecule has 0 saturated carbocycles. The van der Waals surface area contributed by atoms with Crippen molar-refractivity contribution in [2.75, 3.05) is 0 Å². The molecule has 0 atom stereocenters. The van der Waals surface area contributed by atoms with E-state index in [0.717, 1.165) is 22.4 Å². The number of amides is 1. The van der Waals surface area contributed by atoms with Crippen LogP contribution >= 0.6 is 15.9 Å². The quantitative estimate of drug-likeness (QED) is 0.203. The van der Waals surface area contributed by atoms with E-state index in [4.69, 9.17) is 10.8 Å². The summed E-state index contributed by atoms with van der Waals surface area (Å²) in [4.78, 5) is 45.2. The largest absolute Gasteiger partial charge is 1.00 e. The third kappa shape index (κ3) is 11.4. The zero-order chi connectivity index (χ0) is 30.4. The van der Waals surface area contributed by atoms with Gasteiger partial charge in [0.05, 0.1) is 17.1 Å². The van der Waals surface area contributed by atoms with Crippen LogP contribution in [0.1, 0.15) is 21.2 Å². The van der Waals surface area contributed by atoms with Crippen LogP contribution in [0.3, 0.4) is 0 Å². The molecule has 0 aliphatic heterocycles. The maximum atomic E-state index is 10.9. The molecular weight excluding hydrogens is 649 g/mol. The number of hydrogen-bond acceptors (Lipinski definition) is 9. The molecule has 0 radical (unpaired) electrons. The maximum Gasteiger partial charge on any atom is 1.00 e. The van der Waals surface area contributed by atoms with E-state index >= 15 is 0 Å². The van der Waals surface area contributed by atoms with Gasteiger partial charge in [0.1, 0.15) is 0 Å². The molecule has 1 amide bonds. The van der Waals surface area contributed by atoms with Crippen molar-refractivity contribution in [3.63, 3.8) is 0 Å². The van der Waals surface area contributed by atoms with Crippen LogP contribution in [0, 0.1) is 0 Å². The van der Waals surface area contributed by atoms with Crippen LogP contribution < -0.4 is 35.3 Å². The Balaban J connectivity index is 0.000000231. The van der Waals surface area contributed by atoms with Gasteiger partial charge in [-0.3, -0.25) is 4.79 Å². The number of carboxylic acid groups (broad SMARTS) is 1. The average Bonchev–Trinajstić information content (AvgIpc) is 3.07. The van der Waals surface area contributed by atoms with Crippen molar-refractivity contribution in [3.05, 3.63) is 144 Å². The zero-order valence-electron chi connectivity index (χ0n) is 24.0. The number of aromatic nitrogens is 6. The number of rotatable bonds is 5. The Labute approximate surface area is 289 Å². The van der Waals surface area contributed by atoms with Gasteiger partial charge in [-0.15, -0.1) is 0 Å². The molecule has 3 heterocycles. The molecule has 0 spiro atoms. The van der Waals surface area contributed by atoms with Crippen molar-refractivity contribution >= 4 is 27.8 Å². The Morgan fingerprint density at radius 1 is 0.556 bits per heavy atom. The van der Waals surface area contributed by atoms with Crippen molar-refractivity contribution in [1.29, 1.82) is 0 Å². The van der Waals surface area contributed by atoms with E-state index in [1.807, 2.05) is 97.1 Å². The van der Waals surface area contributed by atoms with Gasteiger partial charge < -0.3 is 16.3 Å². The van der Waals surface area contributed by atoms with E-state index in [2.05, 4.69) is 45.8 Å². The van der Waals surface area contributed by atoms with Gasteiger partial charge in [-0.1, -0.05) is 91.0 Å². The zero-order valence-corrected chi connectivity index (χ0v) is 27.6. The Kier molecular flexibility index (Phi) is 15.3. The summed E-state index contributed by atoms with van der Waals surface area (Å²) in [5.41, 5.74) is 10.2. The van der Waals surface area contributed by atoms with Crippen molar-refractivity contribution < 1.29 is 49.7 Å². The second kappa shape index (κ2) is 18.8. The van der Waals surface area contributed by atoms with Gasteiger partial charge in [0, 0.05) is 35.3 Å². The van der Waals surface area contributed by atoms with Crippen molar-refractivity contribution in [1.82, 2.24) is 29.9 Å². The average molecular weight is 674 g/mol. The number of benzene rings is 3. The number of aromatic carboxylic acids is 1. The summed E-state index contributed by atoms with van der Waals surface area (Å²) in [5.74, 6) is -1.88. The van der Waals surface area contributed by atoms with Gasteiger partial charge in [-0.25, -0.2) is 34.7 Å². The number of hydrogen-bond donors (Lipinski definition) is 2. The molecule has 45 heavy (non-hydrogen) atoms. The predicted octanol–water partition coefficient (Wildman–Crippen LogP) is 2.82. The first-order valence-electron chi connectivity index (χ1n) is 12.7. The molecule has 11 nitrogen and oxygen atoms in total. The number of carbonyl (C=O) groups is 2. The van der Waals surface area contributed by atoms with E-state index in [0.29, 0.717) is 16.1 Å². The topological polar surface area (TPSA) is 188 Å². The summed E-state index contributed by atoms with van der Waals surface area (Å²) in [7, 11) is 0. The monoisotopic (exact) mass is 673 g/mol. The minimum Gasteiger partial charge on any atom is -0.870 e. The molecule has 0 saturated heterocycles. The summed E-state index contributed by atoms with van der Waals surface area (Å²) in [6, 6.07) is 34.2. The molecule has 4 N–H and O–H groups in total. The molecule has 0 aliphatic carbocycles. The van der Waals surface area contributed by atoms with Crippen LogP contribution in [0.15, 0.2) is 133 Å². The number of carbonyl (C=O) groups excluding carboxylic acids is 1. The van der Waals surface area contributed by atoms with Gasteiger partial charge >= 0.3 is 35.5 Å². The molecular formula is C32H25BrN7NaO4. The Morgan fingerprint density at radius 2 is 0.911 bits per heavy atom. The molecule has 220 valence electrons. The molecule has 6 rings (SSSR count). The van der Waals surface area contributed by atoms with E-state index in [1.54, 1.807) is 18.3 Å². The van der Waals surface area contributed by atoms with E-state index < -0.39 is 11.9 Å². The minimum atomic E-state index is -1.12.